The van der Waals surface area contributed by atoms with Crippen molar-refractivity contribution < 1.29 is 8.42 Å². The molecule has 2 N–H and O–H groups in total. The van der Waals surface area contributed by atoms with Crippen molar-refractivity contribution in [3.05, 3.63) is 11.4 Å². The van der Waals surface area contributed by atoms with E-state index >= 15 is 0 Å². The van der Waals surface area contributed by atoms with Crippen LogP contribution in [0.25, 0.3) is 0 Å². The van der Waals surface area contributed by atoms with Crippen LogP contribution in [0.1, 0.15) is 37.6 Å². The van der Waals surface area contributed by atoms with E-state index in [1.807, 2.05) is 0 Å². The normalized spacial score (nSPS) is 24.6. The third kappa shape index (κ3) is 2.75. The second-order valence-corrected chi connectivity index (χ2v) is 7.10. The van der Waals surface area contributed by atoms with E-state index in [9.17, 15) is 8.42 Å². The molecule has 2 atom stereocenters. The summed E-state index contributed by atoms with van der Waals surface area (Å²) in [5.74, 6) is 1.19. The minimum Gasteiger partial charge on any atom is -0.281 e. The van der Waals surface area contributed by atoms with Crippen molar-refractivity contribution in [2.75, 3.05) is 6.54 Å². The van der Waals surface area contributed by atoms with Crippen LogP contribution in [-0.2, 0) is 10.0 Å². The Bertz CT molecular complexity index is 502. The molecular formula is C12H21N3O2S. The number of sulfonamides is 1. The summed E-state index contributed by atoms with van der Waals surface area (Å²) < 4.78 is 27.1. The van der Waals surface area contributed by atoms with Gasteiger partial charge in [0.2, 0.25) is 10.0 Å². The largest absolute Gasteiger partial charge is 0.281 e. The molecular weight excluding hydrogens is 250 g/mol. The van der Waals surface area contributed by atoms with Gasteiger partial charge in [-0.15, -0.1) is 0 Å². The van der Waals surface area contributed by atoms with Crippen LogP contribution < -0.4 is 4.72 Å². The van der Waals surface area contributed by atoms with E-state index in [0.29, 0.717) is 28.7 Å². The first-order valence-electron chi connectivity index (χ1n) is 6.41. The number of nitrogens with one attached hydrogen (secondary N) is 2. The van der Waals surface area contributed by atoms with Crippen molar-refractivity contribution in [1.29, 1.82) is 0 Å². The SMILES string of the molecule is Cc1n[nH]c(C)c1S(=O)(=O)NCC1CCC(C)C1. The van der Waals surface area contributed by atoms with E-state index in [4.69, 9.17) is 0 Å². The highest BCUT2D eigenvalue weighted by molar-refractivity contribution is 7.89. The minimum atomic E-state index is -3.43. The molecule has 0 spiro atoms. The van der Waals surface area contributed by atoms with E-state index in [0.717, 1.165) is 18.8 Å². The molecule has 1 aliphatic carbocycles. The zero-order chi connectivity index (χ0) is 13.3. The fraction of sp³-hybridized carbons (Fsp3) is 0.750. The monoisotopic (exact) mass is 271 g/mol. The van der Waals surface area contributed by atoms with Gasteiger partial charge >= 0.3 is 0 Å². The Kier molecular flexibility index (Phi) is 3.77. The first-order valence-corrected chi connectivity index (χ1v) is 7.89. The Labute approximate surface area is 108 Å². The fourth-order valence-corrected chi connectivity index (χ4v) is 4.23. The van der Waals surface area contributed by atoms with Crippen LogP contribution in [0.2, 0.25) is 0 Å². The molecule has 1 aromatic rings. The molecule has 5 nitrogen and oxygen atoms in total. The number of aryl methyl sites for hydroxylation is 2. The molecule has 6 heteroatoms. The van der Waals surface area contributed by atoms with Crippen molar-refractivity contribution in [2.45, 2.75) is 44.9 Å². The second-order valence-electron chi connectivity index (χ2n) is 5.40. The molecule has 1 fully saturated rings. The molecule has 0 radical (unpaired) electrons. The van der Waals surface area contributed by atoms with Crippen LogP contribution in [-0.4, -0.2) is 25.2 Å². The summed E-state index contributed by atoms with van der Waals surface area (Å²) in [5.41, 5.74) is 1.12. The van der Waals surface area contributed by atoms with Crippen LogP contribution in [0.4, 0.5) is 0 Å². The average molecular weight is 271 g/mol. The minimum absolute atomic E-state index is 0.300. The topological polar surface area (TPSA) is 74.8 Å². The van der Waals surface area contributed by atoms with Crippen molar-refractivity contribution in [2.24, 2.45) is 11.8 Å². The maximum Gasteiger partial charge on any atom is 0.244 e. The molecule has 0 bridgehead atoms. The number of aromatic amines is 1. The van der Waals surface area contributed by atoms with Crippen molar-refractivity contribution in [3.63, 3.8) is 0 Å². The van der Waals surface area contributed by atoms with Gasteiger partial charge in [-0.25, -0.2) is 13.1 Å². The zero-order valence-corrected chi connectivity index (χ0v) is 12.0. The van der Waals surface area contributed by atoms with Gasteiger partial charge in [0.25, 0.3) is 0 Å². The summed E-state index contributed by atoms with van der Waals surface area (Å²) in [6.07, 6.45) is 3.44. The molecule has 0 aromatic carbocycles. The lowest BCUT2D eigenvalue weighted by Crippen LogP contribution is -2.29. The van der Waals surface area contributed by atoms with Crippen molar-refractivity contribution in [1.82, 2.24) is 14.9 Å². The Morgan fingerprint density at radius 2 is 2.11 bits per heavy atom. The van der Waals surface area contributed by atoms with Crippen LogP contribution in [0.3, 0.4) is 0 Å². The number of hydrogen-bond donors (Lipinski definition) is 2. The van der Waals surface area contributed by atoms with Crippen LogP contribution in [0.15, 0.2) is 4.90 Å². The second kappa shape index (κ2) is 5.01. The van der Waals surface area contributed by atoms with Crippen molar-refractivity contribution in [3.8, 4) is 0 Å². The van der Waals surface area contributed by atoms with Gasteiger partial charge in [-0.3, -0.25) is 5.10 Å². The number of rotatable bonds is 4. The van der Waals surface area contributed by atoms with Gasteiger partial charge in [0.05, 0.1) is 11.4 Å². The Morgan fingerprint density at radius 3 is 2.61 bits per heavy atom. The van der Waals surface area contributed by atoms with Gasteiger partial charge in [-0.1, -0.05) is 13.3 Å². The third-order valence-corrected chi connectivity index (χ3v) is 5.38. The lowest BCUT2D eigenvalue weighted by Gasteiger charge is -2.11. The van der Waals surface area contributed by atoms with E-state index < -0.39 is 10.0 Å². The highest BCUT2D eigenvalue weighted by Crippen LogP contribution is 2.30. The Hall–Kier alpha value is -0.880. The van der Waals surface area contributed by atoms with Gasteiger partial charge in [-0.2, -0.15) is 5.10 Å². The summed E-state index contributed by atoms with van der Waals surface area (Å²) in [6.45, 7) is 6.19. The predicted molar refractivity (Wildman–Crippen MR) is 69.8 cm³/mol. The number of hydrogen-bond acceptors (Lipinski definition) is 3. The lowest BCUT2D eigenvalue weighted by molar-refractivity contribution is 0.498. The average Bonchev–Trinajstić information content (AvgIpc) is 2.83. The van der Waals surface area contributed by atoms with Gasteiger partial charge in [-0.05, 0) is 38.5 Å². The van der Waals surface area contributed by atoms with E-state index in [1.165, 1.54) is 6.42 Å². The molecule has 1 heterocycles. The van der Waals surface area contributed by atoms with Gasteiger partial charge < -0.3 is 0 Å². The quantitative estimate of drug-likeness (QED) is 0.876. The summed E-state index contributed by atoms with van der Waals surface area (Å²) in [5, 5.41) is 6.64. The van der Waals surface area contributed by atoms with Crippen LogP contribution in [0.5, 0.6) is 0 Å². The summed E-state index contributed by atoms with van der Waals surface area (Å²) >= 11 is 0. The molecule has 2 unspecified atom stereocenters. The molecule has 0 aliphatic heterocycles. The highest BCUT2D eigenvalue weighted by atomic mass is 32.2. The number of aromatic nitrogens is 2. The Balaban J connectivity index is 2.04. The summed E-state index contributed by atoms with van der Waals surface area (Å²) in [6, 6.07) is 0. The van der Waals surface area contributed by atoms with Gasteiger partial charge in [0.15, 0.2) is 0 Å². The fourth-order valence-electron chi connectivity index (χ4n) is 2.75. The third-order valence-electron chi connectivity index (χ3n) is 3.69. The molecule has 2 rings (SSSR count). The molecule has 1 aliphatic rings. The molecule has 102 valence electrons. The van der Waals surface area contributed by atoms with Crippen LogP contribution >= 0.6 is 0 Å². The van der Waals surface area contributed by atoms with Gasteiger partial charge in [0.1, 0.15) is 4.90 Å². The van der Waals surface area contributed by atoms with E-state index in [2.05, 4.69) is 21.8 Å². The van der Waals surface area contributed by atoms with E-state index in [1.54, 1.807) is 13.8 Å². The number of H-pyrrole nitrogens is 1. The smallest absolute Gasteiger partial charge is 0.244 e. The Morgan fingerprint density at radius 1 is 1.39 bits per heavy atom. The number of nitrogens with zero attached hydrogens (tertiary/aromatic N) is 1. The highest BCUT2D eigenvalue weighted by Gasteiger charge is 2.26. The maximum absolute atomic E-state index is 12.2. The molecule has 0 saturated heterocycles. The van der Waals surface area contributed by atoms with E-state index in [-0.39, 0.29) is 0 Å². The molecule has 1 aromatic heterocycles. The molecule has 1 saturated carbocycles. The first kappa shape index (κ1) is 13.5. The lowest BCUT2D eigenvalue weighted by atomic mass is 10.1. The van der Waals surface area contributed by atoms with Gasteiger partial charge in [0, 0.05) is 6.54 Å². The predicted octanol–water partition coefficient (Wildman–Crippen LogP) is 1.74. The first-order chi connectivity index (χ1) is 8.40. The molecule has 18 heavy (non-hydrogen) atoms. The summed E-state index contributed by atoms with van der Waals surface area (Å²) in [7, 11) is -3.43. The standard InChI is InChI=1S/C12H21N3O2S/c1-8-4-5-11(6-8)7-13-18(16,17)12-9(2)14-15-10(12)3/h8,11,13H,4-7H2,1-3H3,(H,14,15). The summed E-state index contributed by atoms with van der Waals surface area (Å²) in [4.78, 5) is 0.300. The zero-order valence-electron chi connectivity index (χ0n) is 11.2. The molecule has 0 amide bonds. The van der Waals surface area contributed by atoms with Crippen LogP contribution in [0, 0.1) is 25.7 Å². The maximum atomic E-state index is 12.2. The van der Waals surface area contributed by atoms with Crippen molar-refractivity contribution >= 4 is 10.0 Å².